The van der Waals surface area contributed by atoms with Gasteiger partial charge < -0.3 is 5.32 Å². The van der Waals surface area contributed by atoms with Gasteiger partial charge in [-0.25, -0.2) is 4.39 Å². The van der Waals surface area contributed by atoms with E-state index in [2.05, 4.69) is 63.2 Å². The van der Waals surface area contributed by atoms with Crippen molar-refractivity contribution in [1.29, 1.82) is 0 Å². The van der Waals surface area contributed by atoms with Crippen LogP contribution < -0.4 is 5.32 Å². The summed E-state index contributed by atoms with van der Waals surface area (Å²) in [6, 6.07) is 13.4. The lowest BCUT2D eigenvalue weighted by molar-refractivity contribution is 0.492. The second kappa shape index (κ2) is 6.83. The fraction of sp³-hybridized carbons (Fsp3) is 0.250. The van der Waals surface area contributed by atoms with Gasteiger partial charge in [0.25, 0.3) is 0 Å². The van der Waals surface area contributed by atoms with Gasteiger partial charge in [0, 0.05) is 21.0 Å². The van der Waals surface area contributed by atoms with Crippen LogP contribution in [-0.2, 0) is 0 Å². The van der Waals surface area contributed by atoms with Crippen LogP contribution in [0.4, 0.5) is 4.39 Å². The van der Waals surface area contributed by atoms with Crippen LogP contribution >= 0.6 is 31.9 Å². The van der Waals surface area contributed by atoms with Gasteiger partial charge in [0.1, 0.15) is 5.82 Å². The highest BCUT2D eigenvalue weighted by Crippen LogP contribution is 2.27. The van der Waals surface area contributed by atoms with Crippen LogP contribution in [0.3, 0.4) is 0 Å². The molecule has 0 amide bonds. The third-order valence-electron chi connectivity index (χ3n) is 3.28. The summed E-state index contributed by atoms with van der Waals surface area (Å²) in [5.41, 5.74) is 2.26. The van der Waals surface area contributed by atoms with E-state index >= 15 is 0 Å². The third-order valence-corrected chi connectivity index (χ3v) is 4.46. The molecule has 106 valence electrons. The quantitative estimate of drug-likeness (QED) is 0.687. The number of nitrogens with one attached hydrogen (secondary N) is 1. The molecule has 0 saturated heterocycles. The molecular weight excluding hydrogens is 385 g/mol. The summed E-state index contributed by atoms with van der Waals surface area (Å²) in [6.07, 6.45) is 0. The van der Waals surface area contributed by atoms with E-state index in [-0.39, 0.29) is 17.9 Å². The Bertz CT molecular complexity index is 601. The van der Waals surface area contributed by atoms with Gasteiger partial charge in [-0.1, -0.05) is 50.1 Å². The molecule has 0 bridgehead atoms. The molecule has 20 heavy (non-hydrogen) atoms. The van der Waals surface area contributed by atoms with Gasteiger partial charge in [-0.3, -0.25) is 0 Å². The lowest BCUT2D eigenvalue weighted by atomic mass is 10.0. The van der Waals surface area contributed by atoms with Crippen LogP contribution in [0.2, 0.25) is 0 Å². The minimum absolute atomic E-state index is 0.124. The van der Waals surface area contributed by atoms with Crippen molar-refractivity contribution < 1.29 is 4.39 Å². The van der Waals surface area contributed by atoms with E-state index in [1.165, 1.54) is 17.7 Å². The molecule has 0 aliphatic carbocycles. The molecule has 0 heterocycles. The topological polar surface area (TPSA) is 12.0 Å². The molecule has 0 fully saturated rings. The maximum atomic E-state index is 13.1. The van der Waals surface area contributed by atoms with Crippen LogP contribution in [0.5, 0.6) is 0 Å². The Hall–Kier alpha value is -0.710. The predicted octanol–water partition coefficient (Wildman–Crippen LogP) is 5.76. The van der Waals surface area contributed by atoms with E-state index in [4.69, 9.17) is 0 Å². The molecule has 4 heteroatoms. The van der Waals surface area contributed by atoms with Gasteiger partial charge in [-0.05, 0) is 49.2 Å². The van der Waals surface area contributed by atoms with Gasteiger partial charge in [0.05, 0.1) is 0 Å². The summed E-state index contributed by atoms with van der Waals surface area (Å²) in [7, 11) is 0. The molecule has 0 saturated carbocycles. The predicted molar refractivity (Wildman–Crippen MR) is 88.2 cm³/mol. The molecule has 2 rings (SSSR count). The van der Waals surface area contributed by atoms with Gasteiger partial charge >= 0.3 is 0 Å². The van der Waals surface area contributed by atoms with Crippen LogP contribution in [-0.4, -0.2) is 0 Å². The van der Waals surface area contributed by atoms with Crippen LogP contribution in [0.25, 0.3) is 0 Å². The maximum Gasteiger partial charge on any atom is 0.124 e. The molecule has 0 aliphatic rings. The molecule has 2 aromatic rings. The minimum atomic E-state index is -0.229. The molecule has 1 nitrogen and oxygen atoms in total. The molecule has 0 radical (unpaired) electrons. The SMILES string of the molecule is CC(N[C@H](C)c1cccc(Br)c1)c1ccc(F)cc1Br. The minimum Gasteiger partial charge on any atom is -0.304 e. The summed E-state index contributed by atoms with van der Waals surface area (Å²) in [5.74, 6) is -0.229. The number of hydrogen-bond acceptors (Lipinski definition) is 1. The Morgan fingerprint density at radius 3 is 2.40 bits per heavy atom. The average Bonchev–Trinajstić information content (AvgIpc) is 2.38. The summed E-state index contributed by atoms with van der Waals surface area (Å²) in [6.45, 7) is 4.20. The van der Waals surface area contributed by atoms with Crippen molar-refractivity contribution >= 4 is 31.9 Å². The van der Waals surface area contributed by atoms with E-state index in [0.29, 0.717) is 0 Å². The van der Waals surface area contributed by atoms with Gasteiger partial charge in [0.15, 0.2) is 0 Å². The van der Waals surface area contributed by atoms with Crippen molar-refractivity contribution in [2.24, 2.45) is 0 Å². The Kier molecular flexibility index (Phi) is 5.35. The molecule has 0 aliphatic heterocycles. The Labute approximate surface area is 135 Å². The number of rotatable bonds is 4. The number of hydrogen-bond donors (Lipinski definition) is 1. The fourth-order valence-electron chi connectivity index (χ4n) is 2.19. The van der Waals surface area contributed by atoms with Gasteiger partial charge in [-0.2, -0.15) is 0 Å². The molecule has 2 atom stereocenters. The summed E-state index contributed by atoms with van der Waals surface area (Å²) < 4.78 is 15.0. The highest BCUT2D eigenvalue weighted by molar-refractivity contribution is 9.10. The number of benzene rings is 2. The summed E-state index contributed by atoms with van der Waals surface area (Å²) in [5, 5.41) is 3.53. The van der Waals surface area contributed by atoms with Gasteiger partial charge in [-0.15, -0.1) is 0 Å². The van der Waals surface area contributed by atoms with Crippen molar-refractivity contribution in [3.05, 3.63) is 68.4 Å². The lowest BCUT2D eigenvalue weighted by Crippen LogP contribution is -2.22. The average molecular weight is 401 g/mol. The zero-order valence-electron chi connectivity index (χ0n) is 11.3. The van der Waals surface area contributed by atoms with Crippen molar-refractivity contribution in [2.45, 2.75) is 25.9 Å². The monoisotopic (exact) mass is 399 g/mol. The molecule has 2 aromatic carbocycles. The smallest absolute Gasteiger partial charge is 0.124 e. The van der Waals surface area contributed by atoms with E-state index in [1.54, 1.807) is 0 Å². The standard InChI is InChI=1S/C16H16Br2FN/c1-10(12-4-3-5-13(17)8-12)20-11(2)15-7-6-14(19)9-16(15)18/h3-11,20H,1-2H3/t10-,11?/m1/s1. The zero-order valence-corrected chi connectivity index (χ0v) is 14.5. The third kappa shape index (κ3) is 3.90. The van der Waals surface area contributed by atoms with E-state index in [1.807, 2.05) is 18.2 Å². The first-order chi connectivity index (χ1) is 9.47. The highest BCUT2D eigenvalue weighted by Gasteiger charge is 2.14. The summed E-state index contributed by atoms with van der Waals surface area (Å²) >= 11 is 6.90. The van der Waals surface area contributed by atoms with Crippen LogP contribution in [0.1, 0.15) is 37.1 Å². The van der Waals surface area contributed by atoms with Crippen LogP contribution in [0.15, 0.2) is 51.4 Å². The van der Waals surface area contributed by atoms with Crippen molar-refractivity contribution in [3.63, 3.8) is 0 Å². The molecule has 1 N–H and O–H groups in total. The van der Waals surface area contributed by atoms with Gasteiger partial charge in [0.2, 0.25) is 0 Å². The Morgan fingerprint density at radius 1 is 1.00 bits per heavy atom. The molecule has 1 unspecified atom stereocenters. The first-order valence-electron chi connectivity index (χ1n) is 6.44. The second-order valence-corrected chi connectivity index (χ2v) is 6.60. The maximum absolute atomic E-state index is 13.1. The van der Waals surface area contributed by atoms with Crippen LogP contribution in [0, 0.1) is 5.82 Å². The summed E-state index contributed by atoms with van der Waals surface area (Å²) in [4.78, 5) is 0. The largest absolute Gasteiger partial charge is 0.304 e. The van der Waals surface area contributed by atoms with Crippen molar-refractivity contribution in [2.75, 3.05) is 0 Å². The molecule has 0 spiro atoms. The Morgan fingerprint density at radius 2 is 1.75 bits per heavy atom. The van der Waals surface area contributed by atoms with E-state index in [9.17, 15) is 4.39 Å². The fourth-order valence-corrected chi connectivity index (χ4v) is 3.30. The highest BCUT2D eigenvalue weighted by atomic mass is 79.9. The second-order valence-electron chi connectivity index (χ2n) is 4.83. The Balaban J connectivity index is 2.12. The number of halogens is 3. The first-order valence-corrected chi connectivity index (χ1v) is 8.02. The molecule has 0 aromatic heterocycles. The van der Waals surface area contributed by atoms with Crippen molar-refractivity contribution in [1.82, 2.24) is 5.32 Å². The molecular formula is C16H16Br2FN. The lowest BCUT2D eigenvalue weighted by Gasteiger charge is -2.22. The van der Waals surface area contributed by atoms with E-state index in [0.717, 1.165) is 14.5 Å². The zero-order chi connectivity index (χ0) is 14.7. The van der Waals surface area contributed by atoms with Crippen molar-refractivity contribution in [3.8, 4) is 0 Å². The normalized spacial score (nSPS) is 14.1. The van der Waals surface area contributed by atoms with E-state index < -0.39 is 0 Å². The first kappa shape index (κ1) is 15.7.